The minimum atomic E-state index is -0.447. The molecule has 0 unspecified atom stereocenters. The number of ketones is 1. The molecule has 0 amide bonds. The molecular formula is C15H16BrFO. The third-order valence-corrected chi connectivity index (χ3v) is 3.75. The van der Waals surface area contributed by atoms with Gasteiger partial charge in [-0.15, -0.1) is 0 Å². The largest absolute Gasteiger partial charge is 0.289 e. The molecule has 0 atom stereocenters. The minimum Gasteiger partial charge on any atom is -0.289 e. The number of halogens is 2. The Balaban J connectivity index is 2.23. The maximum atomic E-state index is 13.8. The summed E-state index contributed by atoms with van der Waals surface area (Å²) in [5.74, 6) is -0.598. The van der Waals surface area contributed by atoms with Crippen LogP contribution < -0.4 is 0 Å². The normalized spacial score (nSPS) is 19.6. The number of carbonyl (C=O) groups is 1. The molecule has 1 aromatic carbocycles. The summed E-state index contributed by atoms with van der Waals surface area (Å²) in [5, 5.41) is 0. The van der Waals surface area contributed by atoms with Crippen molar-refractivity contribution in [3.05, 3.63) is 45.7 Å². The van der Waals surface area contributed by atoms with Gasteiger partial charge in [-0.1, -0.05) is 34.8 Å². The van der Waals surface area contributed by atoms with Crippen molar-refractivity contribution in [1.82, 2.24) is 0 Å². The van der Waals surface area contributed by atoms with Gasteiger partial charge in [0, 0.05) is 4.47 Å². The lowest BCUT2D eigenvalue weighted by molar-refractivity contribution is 0.102. The van der Waals surface area contributed by atoms with Crippen LogP contribution in [0.25, 0.3) is 0 Å². The summed E-state index contributed by atoms with van der Waals surface area (Å²) in [4.78, 5) is 12.3. The number of rotatable bonds is 2. The van der Waals surface area contributed by atoms with Crippen molar-refractivity contribution in [3.63, 3.8) is 0 Å². The van der Waals surface area contributed by atoms with E-state index in [1.807, 2.05) is 6.08 Å². The molecule has 1 aliphatic rings. The molecule has 0 heterocycles. The van der Waals surface area contributed by atoms with Crippen LogP contribution in [0.4, 0.5) is 4.39 Å². The monoisotopic (exact) mass is 310 g/mol. The highest BCUT2D eigenvalue weighted by molar-refractivity contribution is 9.10. The van der Waals surface area contributed by atoms with Gasteiger partial charge in [0.1, 0.15) is 5.82 Å². The highest BCUT2D eigenvalue weighted by atomic mass is 79.9. The van der Waals surface area contributed by atoms with Crippen LogP contribution in [0.5, 0.6) is 0 Å². The molecule has 0 fully saturated rings. The number of Topliss-reactive ketones (excluding diaryl/α,β-unsaturated/α-hetero) is 1. The maximum Gasteiger partial charge on any atom is 0.191 e. The van der Waals surface area contributed by atoms with E-state index in [1.54, 1.807) is 12.1 Å². The summed E-state index contributed by atoms with van der Waals surface area (Å²) >= 11 is 3.20. The summed E-state index contributed by atoms with van der Waals surface area (Å²) < 4.78 is 14.4. The molecule has 1 nitrogen and oxygen atoms in total. The Hall–Kier alpha value is -0.960. The van der Waals surface area contributed by atoms with Gasteiger partial charge in [0.15, 0.2) is 5.78 Å². The van der Waals surface area contributed by atoms with Crippen LogP contribution in [-0.4, -0.2) is 5.78 Å². The molecule has 0 aromatic heterocycles. The topological polar surface area (TPSA) is 17.1 Å². The summed E-state index contributed by atoms with van der Waals surface area (Å²) in [6.45, 7) is 0. The standard InChI is InChI=1S/C15H16BrFO/c16-12-8-9-13(14(17)10-12)15(18)11-6-4-2-1-3-5-7-11/h6,8-10H,1-5,7H2/b11-6+. The number of hydrogen-bond donors (Lipinski definition) is 0. The van der Waals surface area contributed by atoms with Gasteiger partial charge >= 0.3 is 0 Å². The molecule has 0 aliphatic heterocycles. The maximum absolute atomic E-state index is 13.8. The van der Waals surface area contributed by atoms with Crippen molar-refractivity contribution in [2.24, 2.45) is 0 Å². The van der Waals surface area contributed by atoms with E-state index in [0.29, 0.717) is 4.47 Å². The fraction of sp³-hybridized carbons (Fsp3) is 0.400. The van der Waals surface area contributed by atoms with Gasteiger partial charge in [0.05, 0.1) is 5.56 Å². The number of hydrogen-bond acceptors (Lipinski definition) is 1. The number of carbonyl (C=O) groups excluding carboxylic acids is 1. The highest BCUT2D eigenvalue weighted by Crippen LogP contribution is 2.23. The quantitative estimate of drug-likeness (QED) is 0.698. The molecule has 0 radical (unpaired) electrons. The first-order chi connectivity index (χ1) is 8.68. The van der Waals surface area contributed by atoms with Crippen LogP contribution in [-0.2, 0) is 0 Å². The zero-order valence-corrected chi connectivity index (χ0v) is 11.8. The number of allylic oxidation sites excluding steroid dienone is 2. The van der Waals surface area contributed by atoms with E-state index in [-0.39, 0.29) is 11.3 Å². The first-order valence-electron chi connectivity index (χ1n) is 6.37. The van der Waals surface area contributed by atoms with Crippen molar-refractivity contribution >= 4 is 21.7 Å². The SMILES string of the molecule is O=C(/C1=C/CCCCCC1)c1ccc(Br)cc1F. The van der Waals surface area contributed by atoms with Crippen molar-refractivity contribution in [2.45, 2.75) is 38.5 Å². The Morgan fingerprint density at radius 2 is 1.94 bits per heavy atom. The van der Waals surface area contributed by atoms with Crippen LogP contribution in [0, 0.1) is 5.82 Å². The van der Waals surface area contributed by atoms with Gasteiger partial charge < -0.3 is 0 Å². The first-order valence-corrected chi connectivity index (χ1v) is 7.16. The van der Waals surface area contributed by atoms with Gasteiger partial charge in [0.2, 0.25) is 0 Å². The fourth-order valence-corrected chi connectivity index (χ4v) is 2.58. The zero-order valence-electron chi connectivity index (χ0n) is 10.2. The van der Waals surface area contributed by atoms with Crippen LogP contribution in [0.15, 0.2) is 34.3 Å². The molecule has 3 heteroatoms. The third-order valence-electron chi connectivity index (χ3n) is 3.26. The molecule has 2 rings (SSSR count). The van der Waals surface area contributed by atoms with Crippen molar-refractivity contribution < 1.29 is 9.18 Å². The summed E-state index contributed by atoms with van der Waals surface area (Å²) in [7, 11) is 0. The Morgan fingerprint density at radius 1 is 1.17 bits per heavy atom. The fourth-order valence-electron chi connectivity index (χ4n) is 2.24. The molecule has 1 aromatic rings. The lowest BCUT2D eigenvalue weighted by Gasteiger charge is -2.11. The van der Waals surface area contributed by atoms with Gasteiger partial charge in [0.25, 0.3) is 0 Å². The summed E-state index contributed by atoms with van der Waals surface area (Å²) in [6, 6.07) is 4.61. The summed E-state index contributed by atoms with van der Waals surface area (Å²) in [6.07, 6.45) is 8.23. The van der Waals surface area contributed by atoms with Crippen LogP contribution in [0.3, 0.4) is 0 Å². The van der Waals surface area contributed by atoms with E-state index in [9.17, 15) is 9.18 Å². The smallest absolute Gasteiger partial charge is 0.191 e. The predicted octanol–water partition coefficient (Wildman–Crippen LogP) is 5.05. The van der Waals surface area contributed by atoms with E-state index >= 15 is 0 Å². The molecule has 1 aliphatic carbocycles. The van der Waals surface area contributed by atoms with E-state index in [2.05, 4.69) is 15.9 Å². The molecule has 0 spiro atoms. The molecule has 96 valence electrons. The van der Waals surface area contributed by atoms with Crippen LogP contribution in [0.1, 0.15) is 48.9 Å². The van der Waals surface area contributed by atoms with E-state index in [1.165, 1.54) is 12.5 Å². The Morgan fingerprint density at radius 3 is 2.72 bits per heavy atom. The van der Waals surface area contributed by atoms with E-state index in [0.717, 1.165) is 37.7 Å². The molecule has 18 heavy (non-hydrogen) atoms. The Bertz CT molecular complexity index is 479. The van der Waals surface area contributed by atoms with E-state index in [4.69, 9.17) is 0 Å². The van der Waals surface area contributed by atoms with Crippen LogP contribution >= 0.6 is 15.9 Å². The molecule has 0 saturated heterocycles. The average Bonchev–Trinajstić information content (AvgIpc) is 2.27. The number of benzene rings is 1. The lowest BCUT2D eigenvalue weighted by atomic mass is 9.94. The lowest BCUT2D eigenvalue weighted by Crippen LogP contribution is -2.07. The second-order valence-electron chi connectivity index (χ2n) is 4.64. The molecule has 0 N–H and O–H groups in total. The Kier molecular flexibility index (Phi) is 4.70. The second kappa shape index (κ2) is 6.28. The molecule has 0 bridgehead atoms. The molecular weight excluding hydrogens is 295 g/mol. The van der Waals surface area contributed by atoms with Crippen LogP contribution in [0.2, 0.25) is 0 Å². The van der Waals surface area contributed by atoms with Gasteiger partial charge in [-0.3, -0.25) is 4.79 Å². The highest BCUT2D eigenvalue weighted by Gasteiger charge is 2.17. The van der Waals surface area contributed by atoms with Crippen molar-refractivity contribution in [1.29, 1.82) is 0 Å². The summed E-state index contributed by atoms with van der Waals surface area (Å²) in [5.41, 5.74) is 0.959. The average molecular weight is 311 g/mol. The van der Waals surface area contributed by atoms with Crippen molar-refractivity contribution in [3.8, 4) is 0 Å². The zero-order chi connectivity index (χ0) is 13.0. The second-order valence-corrected chi connectivity index (χ2v) is 5.55. The molecule has 0 saturated carbocycles. The first kappa shape index (κ1) is 13.5. The third kappa shape index (κ3) is 3.29. The van der Waals surface area contributed by atoms with Gasteiger partial charge in [-0.25, -0.2) is 4.39 Å². The van der Waals surface area contributed by atoms with Gasteiger partial charge in [-0.05, 0) is 49.5 Å². The predicted molar refractivity (Wildman–Crippen MR) is 74.2 cm³/mol. The van der Waals surface area contributed by atoms with Crippen molar-refractivity contribution in [2.75, 3.05) is 0 Å². The minimum absolute atomic E-state index is 0.151. The van der Waals surface area contributed by atoms with Gasteiger partial charge in [-0.2, -0.15) is 0 Å². The Labute approximate surface area is 115 Å². The van der Waals surface area contributed by atoms with E-state index < -0.39 is 5.82 Å².